The van der Waals surface area contributed by atoms with Crippen LogP contribution in [0.2, 0.25) is 10.0 Å². The molecule has 1 N–H and O–H groups in total. The Labute approximate surface area is 265 Å². The molecule has 1 aliphatic rings. The van der Waals surface area contributed by atoms with Crippen molar-refractivity contribution in [3.05, 3.63) is 87.7 Å². The molecule has 1 amide bonds. The van der Waals surface area contributed by atoms with Crippen LogP contribution >= 0.6 is 35.0 Å². The first-order valence-corrected chi connectivity index (χ1v) is 16.9. The molecule has 0 spiro atoms. The summed E-state index contributed by atoms with van der Waals surface area (Å²) in [5.41, 5.74) is 3.44. The summed E-state index contributed by atoms with van der Waals surface area (Å²) in [6.45, 7) is 5.15. The predicted molar refractivity (Wildman–Crippen MR) is 170 cm³/mol. The summed E-state index contributed by atoms with van der Waals surface area (Å²) in [7, 11) is -3.54. The number of halogens is 2. The number of carbonyl (C=O) groups excluding carboxylic acids is 1. The molecule has 4 aromatic rings. The lowest BCUT2D eigenvalue weighted by Gasteiger charge is -2.25. The van der Waals surface area contributed by atoms with Gasteiger partial charge in [-0.1, -0.05) is 53.5 Å². The van der Waals surface area contributed by atoms with Gasteiger partial charge in [-0.05, 0) is 86.3 Å². The van der Waals surface area contributed by atoms with Crippen LogP contribution in [0.15, 0.2) is 70.7 Å². The van der Waals surface area contributed by atoms with Crippen molar-refractivity contribution in [3.8, 4) is 11.4 Å². The maximum atomic E-state index is 12.9. The lowest BCUT2D eigenvalue weighted by Crippen LogP contribution is -2.35. The summed E-state index contributed by atoms with van der Waals surface area (Å²) in [4.78, 5) is 13.1. The van der Waals surface area contributed by atoms with Gasteiger partial charge in [0.15, 0.2) is 11.0 Å². The topological polar surface area (TPSA) is 106 Å². The van der Waals surface area contributed by atoms with E-state index in [1.807, 2.05) is 36.6 Å². The van der Waals surface area contributed by atoms with Gasteiger partial charge in [0.1, 0.15) is 12.4 Å². The first-order chi connectivity index (χ1) is 20.6. The number of sulfonamides is 1. The minimum atomic E-state index is -3.54. The molecule has 0 unspecified atom stereocenters. The van der Waals surface area contributed by atoms with Crippen LogP contribution in [0.1, 0.15) is 36.2 Å². The quantitative estimate of drug-likeness (QED) is 0.189. The molecule has 0 radical (unpaired) electrons. The molecule has 0 aliphatic carbocycles. The smallest absolute Gasteiger partial charge is 0.243 e. The normalized spacial score (nSPS) is 14.0. The second kappa shape index (κ2) is 13.7. The standard InChI is InChI=1S/C30H31Cl2N5O4S2/c1-20-6-7-21(2)26(16-20)37-28(18-41-27-13-8-22(31)17-25(27)32)34-35-30(37)42-19-29(38)33-23-9-11-24(12-10-23)43(39,40)36-14-4-3-5-15-36/h6-13,16-17H,3-5,14-15,18-19H2,1-2H3,(H,33,38). The molecule has 5 rings (SSSR count). The Morgan fingerprint density at radius 1 is 0.977 bits per heavy atom. The second-order valence-electron chi connectivity index (χ2n) is 10.2. The van der Waals surface area contributed by atoms with Gasteiger partial charge >= 0.3 is 0 Å². The molecule has 1 fully saturated rings. The Balaban J connectivity index is 1.29. The molecule has 13 heteroatoms. The number of benzene rings is 3. The van der Waals surface area contributed by atoms with Crippen molar-refractivity contribution in [3.63, 3.8) is 0 Å². The van der Waals surface area contributed by atoms with Gasteiger partial charge in [0, 0.05) is 23.8 Å². The average Bonchev–Trinajstić information content (AvgIpc) is 3.40. The molecule has 226 valence electrons. The molecule has 2 heterocycles. The first-order valence-electron chi connectivity index (χ1n) is 13.7. The van der Waals surface area contributed by atoms with Crippen molar-refractivity contribution in [2.45, 2.75) is 49.8 Å². The summed E-state index contributed by atoms with van der Waals surface area (Å²) < 4.78 is 35.2. The number of amides is 1. The van der Waals surface area contributed by atoms with Gasteiger partial charge in [-0.15, -0.1) is 10.2 Å². The average molecular weight is 661 g/mol. The highest BCUT2D eigenvalue weighted by Gasteiger charge is 2.26. The number of anilines is 1. The Kier molecular flexibility index (Phi) is 9.98. The van der Waals surface area contributed by atoms with Crippen molar-refractivity contribution >= 4 is 56.6 Å². The number of ether oxygens (including phenoxy) is 1. The highest BCUT2D eigenvalue weighted by atomic mass is 35.5. The Hall–Kier alpha value is -3.09. The molecule has 43 heavy (non-hydrogen) atoms. The number of aryl methyl sites for hydroxylation is 2. The van der Waals surface area contributed by atoms with Gasteiger partial charge in [0.2, 0.25) is 15.9 Å². The Bertz CT molecular complexity index is 1720. The molecule has 9 nitrogen and oxygen atoms in total. The fourth-order valence-electron chi connectivity index (χ4n) is 4.72. The number of nitrogens with zero attached hydrogens (tertiary/aromatic N) is 4. The van der Waals surface area contributed by atoms with E-state index < -0.39 is 10.0 Å². The Morgan fingerprint density at radius 2 is 1.72 bits per heavy atom. The lowest BCUT2D eigenvalue weighted by molar-refractivity contribution is -0.113. The molecule has 1 saturated heterocycles. The van der Waals surface area contributed by atoms with Crippen LogP contribution in [0.25, 0.3) is 5.69 Å². The SMILES string of the molecule is Cc1ccc(C)c(-n2c(COc3ccc(Cl)cc3Cl)nnc2SCC(=O)Nc2ccc(S(=O)(=O)N3CCCCC3)cc2)c1. The van der Waals surface area contributed by atoms with E-state index in [0.717, 1.165) is 36.1 Å². The van der Waals surface area contributed by atoms with Gasteiger partial charge in [0.25, 0.3) is 0 Å². The third kappa shape index (κ3) is 7.53. The van der Waals surface area contributed by atoms with E-state index in [-0.39, 0.29) is 23.2 Å². The van der Waals surface area contributed by atoms with Gasteiger partial charge in [-0.25, -0.2) is 8.42 Å². The third-order valence-corrected chi connectivity index (χ3v) is 10.4. The van der Waals surface area contributed by atoms with Crippen LogP contribution in [0, 0.1) is 13.8 Å². The molecular weight excluding hydrogens is 629 g/mol. The van der Waals surface area contributed by atoms with Crippen LogP contribution < -0.4 is 10.1 Å². The minimum absolute atomic E-state index is 0.0562. The van der Waals surface area contributed by atoms with Crippen molar-refractivity contribution in [2.75, 3.05) is 24.2 Å². The van der Waals surface area contributed by atoms with Crippen LogP contribution in [-0.4, -0.2) is 52.2 Å². The van der Waals surface area contributed by atoms with Crippen LogP contribution in [0.5, 0.6) is 5.75 Å². The second-order valence-corrected chi connectivity index (χ2v) is 13.9. The maximum absolute atomic E-state index is 12.9. The molecule has 1 aliphatic heterocycles. The number of rotatable bonds is 10. The van der Waals surface area contributed by atoms with E-state index in [1.165, 1.54) is 28.2 Å². The van der Waals surface area contributed by atoms with Gasteiger partial charge in [-0.3, -0.25) is 9.36 Å². The Morgan fingerprint density at radius 3 is 2.44 bits per heavy atom. The maximum Gasteiger partial charge on any atom is 0.243 e. The monoisotopic (exact) mass is 659 g/mol. The summed E-state index contributed by atoms with van der Waals surface area (Å²) in [5, 5.41) is 13.0. The van der Waals surface area contributed by atoms with Gasteiger partial charge < -0.3 is 10.1 Å². The number of carbonyl (C=O) groups is 1. The van der Waals surface area contributed by atoms with Crippen molar-refractivity contribution < 1.29 is 17.9 Å². The van der Waals surface area contributed by atoms with E-state index in [9.17, 15) is 13.2 Å². The number of nitrogens with one attached hydrogen (secondary N) is 1. The fourth-order valence-corrected chi connectivity index (χ4v) is 7.46. The van der Waals surface area contributed by atoms with Crippen LogP contribution in [-0.2, 0) is 21.4 Å². The molecule has 0 atom stereocenters. The third-order valence-electron chi connectivity index (χ3n) is 6.98. The fraction of sp³-hybridized carbons (Fsp3) is 0.300. The first kappa shape index (κ1) is 31.3. The zero-order chi connectivity index (χ0) is 30.6. The van der Waals surface area contributed by atoms with Crippen LogP contribution in [0.4, 0.5) is 5.69 Å². The highest BCUT2D eigenvalue weighted by Crippen LogP contribution is 2.30. The van der Waals surface area contributed by atoms with E-state index in [1.54, 1.807) is 30.3 Å². The van der Waals surface area contributed by atoms with E-state index in [4.69, 9.17) is 27.9 Å². The van der Waals surface area contributed by atoms with Crippen molar-refractivity contribution in [1.29, 1.82) is 0 Å². The van der Waals surface area contributed by atoms with E-state index >= 15 is 0 Å². The zero-order valence-electron chi connectivity index (χ0n) is 23.7. The number of hydrogen-bond donors (Lipinski definition) is 1. The molecule has 3 aromatic carbocycles. The van der Waals surface area contributed by atoms with Crippen molar-refractivity contribution in [2.24, 2.45) is 0 Å². The summed E-state index contributed by atoms with van der Waals surface area (Å²) in [5.74, 6) is 0.789. The zero-order valence-corrected chi connectivity index (χ0v) is 26.9. The number of hydrogen-bond acceptors (Lipinski definition) is 7. The largest absolute Gasteiger partial charge is 0.484 e. The van der Waals surface area contributed by atoms with Crippen LogP contribution in [0.3, 0.4) is 0 Å². The number of piperidine rings is 1. The lowest BCUT2D eigenvalue weighted by atomic mass is 10.1. The minimum Gasteiger partial charge on any atom is -0.484 e. The van der Waals surface area contributed by atoms with Gasteiger partial charge in [0.05, 0.1) is 21.4 Å². The van der Waals surface area contributed by atoms with Gasteiger partial charge in [-0.2, -0.15) is 4.31 Å². The molecule has 0 bridgehead atoms. The summed E-state index contributed by atoms with van der Waals surface area (Å²) in [6, 6.07) is 17.3. The highest BCUT2D eigenvalue weighted by molar-refractivity contribution is 7.99. The molecular formula is C30H31Cl2N5O4S2. The number of thioether (sulfide) groups is 1. The summed E-state index contributed by atoms with van der Waals surface area (Å²) >= 11 is 13.5. The van der Waals surface area contributed by atoms with E-state index in [2.05, 4.69) is 15.5 Å². The summed E-state index contributed by atoms with van der Waals surface area (Å²) in [6.07, 6.45) is 2.78. The number of aromatic nitrogens is 3. The molecule has 0 saturated carbocycles. The molecule has 1 aromatic heterocycles. The van der Waals surface area contributed by atoms with E-state index in [0.29, 0.717) is 45.6 Å². The predicted octanol–water partition coefficient (Wildman–Crippen LogP) is 6.68. The van der Waals surface area contributed by atoms with Crippen molar-refractivity contribution in [1.82, 2.24) is 19.1 Å².